The number of rotatable bonds is 4. The molecule has 1 saturated carbocycles. The monoisotopic (exact) mass is 433 g/mol. The zero-order valence-corrected chi connectivity index (χ0v) is 16.7. The molecule has 1 aromatic carbocycles. The van der Waals surface area contributed by atoms with E-state index in [0.29, 0.717) is 38.2 Å². The average molecular weight is 433 g/mol. The molecule has 4 N–H and O–H groups in total. The van der Waals surface area contributed by atoms with Gasteiger partial charge >= 0.3 is 5.97 Å². The number of carbonyl (C=O) groups is 1. The van der Waals surface area contributed by atoms with Gasteiger partial charge < -0.3 is 30.5 Å². The Morgan fingerprint density at radius 1 is 1.35 bits per heavy atom. The number of aromatic nitrogens is 1. The number of benzene rings is 1. The van der Waals surface area contributed by atoms with Gasteiger partial charge in [0.25, 0.3) is 0 Å². The Kier molecular flexibility index (Phi) is 4.23. The van der Waals surface area contributed by atoms with Crippen molar-refractivity contribution in [1.29, 1.82) is 0 Å². The molecule has 3 aliphatic rings. The second kappa shape index (κ2) is 6.64. The van der Waals surface area contributed by atoms with Crippen molar-refractivity contribution in [3.05, 3.63) is 33.6 Å². The van der Waals surface area contributed by atoms with Gasteiger partial charge in [0.05, 0.1) is 34.3 Å². The van der Waals surface area contributed by atoms with Crippen LogP contribution in [0.2, 0.25) is 0 Å². The van der Waals surface area contributed by atoms with E-state index < -0.39 is 39.7 Å². The van der Waals surface area contributed by atoms with Crippen molar-refractivity contribution in [1.82, 2.24) is 9.88 Å². The van der Waals surface area contributed by atoms with Crippen molar-refractivity contribution in [2.45, 2.75) is 18.9 Å². The highest BCUT2D eigenvalue weighted by molar-refractivity contribution is 6.02. The molecule has 31 heavy (non-hydrogen) atoms. The summed E-state index contributed by atoms with van der Waals surface area (Å²) in [6.07, 6.45) is 2.53. The van der Waals surface area contributed by atoms with Crippen molar-refractivity contribution >= 4 is 34.0 Å². The number of anilines is 2. The maximum Gasteiger partial charge on any atom is 0.341 e. The standard InChI is InChI=1S/C20H21F2N5O4/c1-31-25-11-5-26(8-20(11)6-24-7-20)17-13(21)15(23)12-16(14(17)22)27(9-2-3-9)4-10(18(12)28)19(29)30/h4,9,24H,2-3,5-8,23H2,1H3,(H,29,30)/b25-11-. The van der Waals surface area contributed by atoms with Gasteiger partial charge in [-0.1, -0.05) is 5.16 Å². The Labute approximate surface area is 175 Å². The van der Waals surface area contributed by atoms with Crippen LogP contribution in [0.15, 0.2) is 16.1 Å². The van der Waals surface area contributed by atoms with Gasteiger partial charge in [-0.3, -0.25) is 4.79 Å². The van der Waals surface area contributed by atoms with Gasteiger partial charge in [0.1, 0.15) is 18.4 Å². The second-order valence-electron chi connectivity index (χ2n) is 8.39. The number of hydrogen-bond donors (Lipinski definition) is 3. The van der Waals surface area contributed by atoms with Crippen LogP contribution in [0.1, 0.15) is 29.2 Å². The quantitative estimate of drug-likeness (QED) is 0.491. The van der Waals surface area contributed by atoms with Crippen molar-refractivity contribution in [2.24, 2.45) is 10.6 Å². The molecule has 5 rings (SSSR count). The molecule has 3 fully saturated rings. The minimum atomic E-state index is -1.47. The van der Waals surface area contributed by atoms with Gasteiger partial charge in [0.2, 0.25) is 5.43 Å². The zero-order valence-electron chi connectivity index (χ0n) is 16.7. The van der Waals surface area contributed by atoms with Crippen LogP contribution in [0.25, 0.3) is 10.9 Å². The first kappa shape index (κ1) is 19.7. The molecule has 2 aliphatic heterocycles. The Bertz CT molecular complexity index is 1220. The lowest BCUT2D eigenvalue weighted by atomic mass is 9.79. The first-order chi connectivity index (χ1) is 14.8. The van der Waals surface area contributed by atoms with E-state index in [1.165, 1.54) is 16.6 Å². The molecule has 1 aliphatic carbocycles. The number of nitrogen functional groups attached to an aromatic ring is 1. The van der Waals surface area contributed by atoms with Crippen LogP contribution >= 0.6 is 0 Å². The molecule has 11 heteroatoms. The van der Waals surface area contributed by atoms with E-state index in [1.54, 1.807) is 0 Å². The van der Waals surface area contributed by atoms with Crippen molar-refractivity contribution < 1.29 is 23.5 Å². The summed E-state index contributed by atoms with van der Waals surface area (Å²) in [5, 5.41) is 16.2. The van der Waals surface area contributed by atoms with Crippen LogP contribution in [0.5, 0.6) is 0 Å². The minimum absolute atomic E-state index is 0.148. The number of carboxylic acids is 1. The second-order valence-corrected chi connectivity index (χ2v) is 8.39. The molecule has 2 aromatic rings. The summed E-state index contributed by atoms with van der Waals surface area (Å²) in [6.45, 7) is 1.66. The van der Waals surface area contributed by atoms with Crippen LogP contribution in [-0.2, 0) is 4.84 Å². The van der Waals surface area contributed by atoms with Crippen molar-refractivity contribution in [2.75, 3.05) is 43.9 Å². The fourth-order valence-electron chi connectivity index (χ4n) is 4.62. The third-order valence-corrected chi connectivity index (χ3v) is 6.43. The summed E-state index contributed by atoms with van der Waals surface area (Å²) in [4.78, 5) is 30.7. The first-order valence-electron chi connectivity index (χ1n) is 9.94. The van der Waals surface area contributed by atoms with Crippen molar-refractivity contribution in [3.63, 3.8) is 0 Å². The molecule has 0 atom stereocenters. The molecule has 0 unspecified atom stereocenters. The highest BCUT2D eigenvalue weighted by atomic mass is 19.1. The molecule has 9 nitrogen and oxygen atoms in total. The van der Waals surface area contributed by atoms with Crippen molar-refractivity contribution in [3.8, 4) is 0 Å². The lowest BCUT2D eigenvalue weighted by molar-refractivity contribution is 0.0695. The van der Waals surface area contributed by atoms with Gasteiger partial charge in [-0.25, -0.2) is 13.6 Å². The highest BCUT2D eigenvalue weighted by Gasteiger charge is 2.50. The summed E-state index contributed by atoms with van der Waals surface area (Å²) in [6, 6.07) is -0.167. The van der Waals surface area contributed by atoms with E-state index in [4.69, 9.17) is 10.6 Å². The van der Waals surface area contributed by atoms with Gasteiger partial charge in [-0.2, -0.15) is 0 Å². The Morgan fingerprint density at radius 3 is 2.61 bits per heavy atom. The number of aromatic carboxylic acids is 1. The Morgan fingerprint density at radius 2 is 2.06 bits per heavy atom. The molecular weight excluding hydrogens is 412 g/mol. The van der Waals surface area contributed by atoms with E-state index in [1.807, 2.05) is 0 Å². The van der Waals surface area contributed by atoms with E-state index in [9.17, 15) is 14.7 Å². The van der Waals surface area contributed by atoms with E-state index in [2.05, 4.69) is 10.5 Å². The van der Waals surface area contributed by atoms with Gasteiger partial charge in [-0.15, -0.1) is 0 Å². The van der Waals surface area contributed by atoms with E-state index in [0.717, 1.165) is 6.20 Å². The van der Waals surface area contributed by atoms with Crippen LogP contribution in [-0.4, -0.2) is 54.6 Å². The zero-order chi connectivity index (χ0) is 22.1. The van der Waals surface area contributed by atoms with Crippen LogP contribution in [0.3, 0.4) is 0 Å². The van der Waals surface area contributed by atoms with Gasteiger partial charge in [0.15, 0.2) is 11.6 Å². The lowest BCUT2D eigenvalue weighted by Gasteiger charge is -2.39. The van der Waals surface area contributed by atoms with E-state index >= 15 is 8.78 Å². The number of pyridine rings is 1. The fraction of sp³-hybridized carbons (Fsp3) is 0.450. The molecule has 0 radical (unpaired) electrons. The fourth-order valence-corrected chi connectivity index (χ4v) is 4.62. The number of carboxylic acid groups (broad SMARTS) is 1. The highest BCUT2D eigenvalue weighted by Crippen LogP contribution is 2.43. The average Bonchev–Trinajstić information content (AvgIpc) is 3.46. The smallest absolute Gasteiger partial charge is 0.341 e. The van der Waals surface area contributed by atoms with Crippen LogP contribution < -0.4 is 21.4 Å². The van der Waals surface area contributed by atoms with Crippen LogP contribution in [0.4, 0.5) is 20.2 Å². The molecule has 2 saturated heterocycles. The summed E-state index contributed by atoms with van der Waals surface area (Å²) >= 11 is 0. The first-order valence-corrected chi connectivity index (χ1v) is 9.94. The van der Waals surface area contributed by atoms with E-state index in [-0.39, 0.29) is 29.2 Å². The third kappa shape index (κ3) is 2.72. The molecule has 164 valence electrons. The number of fused-ring (bicyclic) bond motifs is 1. The number of nitrogens with one attached hydrogen (secondary N) is 1. The third-order valence-electron chi connectivity index (χ3n) is 6.43. The number of oxime groups is 1. The molecule has 1 spiro atoms. The summed E-state index contributed by atoms with van der Waals surface area (Å²) in [5.41, 5.74) is 3.66. The van der Waals surface area contributed by atoms with Gasteiger partial charge in [-0.05, 0) is 12.8 Å². The number of halogens is 2. The normalized spacial score (nSPS) is 21.1. The summed E-state index contributed by atoms with van der Waals surface area (Å²) in [7, 11) is 1.42. The maximum atomic E-state index is 15.9. The predicted octanol–water partition coefficient (Wildman–Crippen LogP) is 1.31. The topological polar surface area (TPSA) is 122 Å². The predicted molar refractivity (Wildman–Crippen MR) is 110 cm³/mol. The molecule has 0 bridgehead atoms. The van der Waals surface area contributed by atoms with Gasteiger partial charge in [0, 0.05) is 31.9 Å². The molecule has 1 aromatic heterocycles. The lowest BCUT2D eigenvalue weighted by Crippen LogP contribution is -2.58. The summed E-state index contributed by atoms with van der Waals surface area (Å²) in [5.74, 6) is -3.47. The maximum absolute atomic E-state index is 15.9. The number of hydrogen-bond acceptors (Lipinski definition) is 7. The minimum Gasteiger partial charge on any atom is -0.477 e. The SMILES string of the molecule is CO/N=C1/CN(c2c(F)c(N)c3c(=O)c(C(=O)O)cn(C4CC4)c3c2F)CC12CNC2. The summed E-state index contributed by atoms with van der Waals surface area (Å²) < 4.78 is 32.7. The number of nitrogens with two attached hydrogens (primary N) is 1. The molecule has 0 amide bonds. The molecular formula is C20H21F2N5O4. The largest absolute Gasteiger partial charge is 0.477 e. The Balaban J connectivity index is 1.75. The number of nitrogens with zero attached hydrogens (tertiary/aromatic N) is 3. The van der Waals surface area contributed by atoms with Crippen LogP contribution in [0, 0.1) is 17.0 Å². The molecule has 3 heterocycles. The Hall–Kier alpha value is -3.21.